The van der Waals surface area contributed by atoms with Crippen molar-refractivity contribution in [3.05, 3.63) is 87.9 Å². The summed E-state index contributed by atoms with van der Waals surface area (Å²) in [6.45, 7) is 1.57. The molecule has 0 saturated heterocycles. The molecular weight excluding hydrogens is 399 g/mol. The molecule has 0 fully saturated rings. The van der Waals surface area contributed by atoms with E-state index in [-0.39, 0.29) is 5.69 Å². The maximum atomic E-state index is 14.6. The molecule has 0 bridgehead atoms. The van der Waals surface area contributed by atoms with E-state index in [4.69, 9.17) is 5.73 Å². The average Bonchev–Trinajstić information content (AvgIpc) is 3.29. The summed E-state index contributed by atoms with van der Waals surface area (Å²) in [6.07, 6.45) is 0. The molecule has 148 valence electrons. The number of benzene rings is 2. The SMILES string of the molecule is CC1(C(N)=O)C(c2cccs2)C(c2ccc(F)cc2)=NN1c1ccc(F)cc1F. The molecule has 4 nitrogen and oxygen atoms in total. The summed E-state index contributed by atoms with van der Waals surface area (Å²) in [5, 5.41) is 7.58. The van der Waals surface area contributed by atoms with Crippen LogP contribution in [0.25, 0.3) is 0 Å². The van der Waals surface area contributed by atoms with Crippen molar-refractivity contribution in [1.82, 2.24) is 0 Å². The molecule has 1 amide bonds. The third-order valence-electron chi connectivity index (χ3n) is 5.09. The lowest BCUT2D eigenvalue weighted by molar-refractivity contribution is -0.122. The summed E-state index contributed by atoms with van der Waals surface area (Å²) in [5.41, 5.74) is 5.27. The van der Waals surface area contributed by atoms with Gasteiger partial charge in [0.25, 0.3) is 0 Å². The highest BCUT2D eigenvalue weighted by Crippen LogP contribution is 2.46. The number of hydrogen-bond donors (Lipinski definition) is 1. The van der Waals surface area contributed by atoms with E-state index in [1.54, 1.807) is 19.1 Å². The molecule has 2 unspecified atom stereocenters. The van der Waals surface area contributed by atoms with Crippen LogP contribution in [0.4, 0.5) is 18.9 Å². The van der Waals surface area contributed by atoms with Gasteiger partial charge in [-0.15, -0.1) is 11.3 Å². The highest BCUT2D eigenvalue weighted by molar-refractivity contribution is 7.10. The Balaban J connectivity index is 1.96. The number of thiophene rings is 1. The lowest BCUT2D eigenvalue weighted by Crippen LogP contribution is -2.55. The first kappa shape index (κ1) is 19.2. The number of halogens is 3. The van der Waals surface area contributed by atoms with Crippen LogP contribution in [0.1, 0.15) is 23.3 Å². The van der Waals surface area contributed by atoms with Gasteiger partial charge in [-0.3, -0.25) is 4.79 Å². The molecule has 2 atom stereocenters. The Morgan fingerprint density at radius 1 is 1.10 bits per heavy atom. The lowest BCUT2D eigenvalue weighted by atomic mass is 9.79. The fourth-order valence-corrected chi connectivity index (χ4v) is 4.52. The molecule has 0 saturated carbocycles. The van der Waals surface area contributed by atoms with Crippen LogP contribution < -0.4 is 10.7 Å². The Labute approximate surface area is 169 Å². The second-order valence-electron chi connectivity index (χ2n) is 6.86. The van der Waals surface area contributed by atoms with Crippen LogP contribution in [0, 0.1) is 17.5 Å². The topological polar surface area (TPSA) is 58.7 Å². The quantitative estimate of drug-likeness (QED) is 0.686. The monoisotopic (exact) mass is 415 g/mol. The van der Waals surface area contributed by atoms with Gasteiger partial charge >= 0.3 is 0 Å². The number of carbonyl (C=O) groups is 1. The number of rotatable bonds is 4. The van der Waals surface area contributed by atoms with Crippen LogP contribution in [0.3, 0.4) is 0 Å². The van der Waals surface area contributed by atoms with E-state index < -0.39 is 34.8 Å². The summed E-state index contributed by atoms with van der Waals surface area (Å²) < 4.78 is 41.5. The molecule has 4 rings (SSSR count). The Morgan fingerprint density at radius 2 is 1.79 bits per heavy atom. The summed E-state index contributed by atoms with van der Waals surface area (Å²) in [4.78, 5) is 13.5. The molecule has 0 radical (unpaired) electrons. The molecule has 0 spiro atoms. The first-order valence-corrected chi connectivity index (χ1v) is 9.63. The largest absolute Gasteiger partial charge is 0.368 e. The maximum absolute atomic E-state index is 14.6. The number of hydrazone groups is 1. The van der Waals surface area contributed by atoms with Gasteiger partial charge in [0.15, 0.2) is 11.4 Å². The molecule has 1 aliphatic heterocycles. The first-order chi connectivity index (χ1) is 13.8. The number of nitrogens with zero attached hydrogens (tertiary/aromatic N) is 2. The first-order valence-electron chi connectivity index (χ1n) is 8.75. The molecule has 1 aromatic heterocycles. The molecule has 2 heterocycles. The van der Waals surface area contributed by atoms with E-state index in [0.717, 1.165) is 17.0 Å². The predicted octanol–water partition coefficient (Wildman–Crippen LogP) is 4.42. The Morgan fingerprint density at radius 3 is 2.38 bits per heavy atom. The van der Waals surface area contributed by atoms with E-state index in [0.29, 0.717) is 11.3 Å². The molecular formula is C21H16F3N3OS. The van der Waals surface area contributed by atoms with E-state index in [1.165, 1.54) is 34.5 Å². The van der Waals surface area contributed by atoms with Gasteiger partial charge in [0, 0.05) is 10.9 Å². The third-order valence-corrected chi connectivity index (χ3v) is 6.02. The number of hydrogen-bond acceptors (Lipinski definition) is 4. The second kappa shape index (κ2) is 7.04. The minimum atomic E-state index is -1.47. The fraction of sp³-hybridized carbons (Fsp3) is 0.143. The standard InChI is InChI=1S/C21H16F3N3OS/c1-21(20(25)28)18(17-3-2-10-29-17)19(12-4-6-13(22)7-5-12)26-27(21)16-9-8-14(23)11-15(16)24/h2-11,18H,1H3,(H2,25,28). The van der Waals surface area contributed by atoms with Gasteiger partial charge in [0.2, 0.25) is 5.91 Å². The van der Waals surface area contributed by atoms with Crippen LogP contribution >= 0.6 is 11.3 Å². The van der Waals surface area contributed by atoms with Crippen molar-refractivity contribution in [2.24, 2.45) is 10.8 Å². The van der Waals surface area contributed by atoms with E-state index in [1.807, 2.05) is 17.5 Å². The number of anilines is 1. The molecule has 0 aliphatic carbocycles. The Kier molecular flexibility index (Phi) is 4.66. The molecule has 29 heavy (non-hydrogen) atoms. The zero-order valence-corrected chi connectivity index (χ0v) is 16.1. The number of amides is 1. The number of primary amides is 1. The highest BCUT2D eigenvalue weighted by Gasteiger charge is 2.54. The zero-order chi connectivity index (χ0) is 20.8. The van der Waals surface area contributed by atoms with Crippen LogP contribution in [0.2, 0.25) is 0 Å². The highest BCUT2D eigenvalue weighted by atomic mass is 32.1. The maximum Gasteiger partial charge on any atom is 0.246 e. The number of nitrogens with two attached hydrogens (primary N) is 1. The lowest BCUT2D eigenvalue weighted by Gasteiger charge is -2.35. The fourth-order valence-electron chi connectivity index (χ4n) is 3.57. The minimum Gasteiger partial charge on any atom is -0.368 e. The van der Waals surface area contributed by atoms with Gasteiger partial charge in [0.05, 0.1) is 17.3 Å². The van der Waals surface area contributed by atoms with Crippen molar-refractivity contribution in [2.75, 3.05) is 5.01 Å². The molecule has 2 aromatic carbocycles. The predicted molar refractivity (Wildman–Crippen MR) is 106 cm³/mol. The summed E-state index contributed by atoms with van der Waals surface area (Å²) in [6, 6.07) is 12.3. The molecule has 2 N–H and O–H groups in total. The van der Waals surface area contributed by atoms with Crippen LogP contribution in [0.5, 0.6) is 0 Å². The van der Waals surface area contributed by atoms with Gasteiger partial charge in [-0.05, 0) is 48.2 Å². The third kappa shape index (κ3) is 3.09. The van der Waals surface area contributed by atoms with E-state index >= 15 is 0 Å². The number of carbonyl (C=O) groups excluding carboxylic acids is 1. The van der Waals surface area contributed by atoms with Crippen LogP contribution in [-0.2, 0) is 4.79 Å². The van der Waals surface area contributed by atoms with Gasteiger partial charge in [-0.2, -0.15) is 5.10 Å². The molecule has 8 heteroatoms. The Hall–Kier alpha value is -3.13. The van der Waals surface area contributed by atoms with Crippen molar-refractivity contribution in [3.63, 3.8) is 0 Å². The van der Waals surface area contributed by atoms with Gasteiger partial charge in [-0.1, -0.05) is 18.2 Å². The zero-order valence-electron chi connectivity index (χ0n) is 15.3. The van der Waals surface area contributed by atoms with Crippen molar-refractivity contribution in [1.29, 1.82) is 0 Å². The Bertz CT molecular complexity index is 1100. The van der Waals surface area contributed by atoms with Crippen LogP contribution in [-0.4, -0.2) is 17.2 Å². The van der Waals surface area contributed by atoms with Gasteiger partial charge in [0.1, 0.15) is 11.6 Å². The normalized spacial score (nSPS) is 21.3. The summed E-state index contributed by atoms with van der Waals surface area (Å²) >= 11 is 1.40. The summed E-state index contributed by atoms with van der Waals surface area (Å²) in [5.74, 6) is -3.38. The van der Waals surface area contributed by atoms with Crippen molar-refractivity contribution < 1.29 is 18.0 Å². The molecule has 1 aliphatic rings. The smallest absolute Gasteiger partial charge is 0.246 e. The van der Waals surface area contributed by atoms with Crippen molar-refractivity contribution in [2.45, 2.75) is 18.4 Å². The van der Waals surface area contributed by atoms with Gasteiger partial charge in [-0.25, -0.2) is 18.2 Å². The van der Waals surface area contributed by atoms with E-state index in [9.17, 15) is 18.0 Å². The average molecular weight is 415 g/mol. The second-order valence-corrected chi connectivity index (χ2v) is 7.84. The van der Waals surface area contributed by atoms with Crippen molar-refractivity contribution in [3.8, 4) is 0 Å². The molecule has 3 aromatic rings. The minimum absolute atomic E-state index is 0.0774. The summed E-state index contributed by atoms with van der Waals surface area (Å²) in [7, 11) is 0. The van der Waals surface area contributed by atoms with Crippen LogP contribution in [0.15, 0.2) is 65.1 Å². The van der Waals surface area contributed by atoms with Crippen molar-refractivity contribution >= 4 is 28.6 Å². The van der Waals surface area contributed by atoms with E-state index in [2.05, 4.69) is 5.10 Å². The van der Waals surface area contributed by atoms with Gasteiger partial charge < -0.3 is 5.73 Å².